The van der Waals surface area contributed by atoms with E-state index in [0.717, 1.165) is 18.5 Å². The van der Waals surface area contributed by atoms with Crippen molar-refractivity contribution in [2.75, 3.05) is 11.9 Å². The molecule has 1 saturated carbocycles. The summed E-state index contributed by atoms with van der Waals surface area (Å²) in [5.74, 6) is -0.105. The Kier molecular flexibility index (Phi) is 5.09. The molecule has 2 aliphatic rings. The molecule has 0 radical (unpaired) electrons. The van der Waals surface area contributed by atoms with Gasteiger partial charge >= 0.3 is 0 Å². The summed E-state index contributed by atoms with van der Waals surface area (Å²) in [6.07, 6.45) is 4.08. The van der Waals surface area contributed by atoms with Gasteiger partial charge in [0, 0.05) is 24.1 Å². The Morgan fingerprint density at radius 2 is 2.04 bits per heavy atom. The second-order valence-corrected chi connectivity index (χ2v) is 7.13. The molecule has 1 fully saturated rings. The highest BCUT2D eigenvalue weighted by Crippen LogP contribution is 2.50. The minimum atomic E-state index is -0.869. The number of anilines is 1. The molecule has 0 spiro atoms. The summed E-state index contributed by atoms with van der Waals surface area (Å²) in [6.45, 7) is 6.64. The van der Waals surface area contributed by atoms with Crippen LogP contribution in [0.1, 0.15) is 44.7 Å². The van der Waals surface area contributed by atoms with Gasteiger partial charge in [-0.3, -0.25) is 4.79 Å². The molecule has 3 rings (SSSR count). The van der Waals surface area contributed by atoms with Crippen LogP contribution in [0.25, 0.3) is 0 Å². The second-order valence-electron chi connectivity index (χ2n) is 7.13. The summed E-state index contributed by atoms with van der Waals surface area (Å²) in [5, 5.41) is 3.01. The SMILES string of the molecule is CCOC1CC(N)(C(=O)Nc2ccc3c(c2)CCC3)C1(C)C.Cl. The van der Waals surface area contributed by atoms with Crippen molar-refractivity contribution in [1.82, 2.24) is 0 Å². The van der Waals surface area contributed by atoms with Crippen LogP contribution in [0.4, 0.5) is 5.69 Å². The number of ether oxygens (including phenoxy) is 1. The zero-order chi connectivity index (χ0) is 16.0. The number of carbonyl (C=O) groups excluding carboxylic acids is 1. The van der Waals surface area contributed by atoms with Crippen LogP contribution < -0.4 is 11.1 Å². The van der Waals surface area contributed by atoms with Crippen LogP contribution >= 0.6 is 12.4 Å². The number of hydrogen-bond donors (Lipinski definition) is 2. The summed E-state index contributed by atoms with van der Waals surface area (Å²) in [5.41, 5.74) is 8.79. The first-order valence-corrected chi connectivity index (χ1v) is 8.22. The Morgan fingerprint density at radius 1 is 1.35 bits per heavy atom. The summed E-state index contributed by atoms with van der Waals surface area (Å²) in [4.78, 5) is 12.7. The number of rotatable bonds is 4. The first kappa shape index (κ1) is 18.2. The normalized spacial score (nSPS) is 27.6. The lowest BCUT2D eigenvalue weighted by Gasteiger charge is -2.57. The Labute approximate surface area is 144 Å². The van der Waals surface area contributed by atoms with Gasteiger partial charge in [-0.15, -0.1) is 12.4 Å². The smallest absolute Gasteiger partial charge is 0.245 e. The molecule has 2 atom stereocenters. The number of fused-ring (bicyclic) bond motifs is 1. The summed E-state index contributed by atoms with van der Waals surface area (Å²) in [7, 11) is 0. The summed E-state index contributed by atoms with van der Waals surface area (Å²) in [6, 6.07) is 6.20. The minimum absolute atomic E-state index is 0. The number of hydrogen-bond acceptors (Lipinski definition) is 3. The summed E-state index contributed by atoms with van der Waals surface area (Å²) >= 11 is 0. The fraction of sp³-hybridized carbons (Fsp3) is 0.611. The van der Waals surface area contributed by atoms with Gasteiger partial charge in [-0.1, -0.05) is 19.9 Å². The molecule has 0 aliphatic heterocycles. The van der Waals surface area contributed by atoms with E-state index < -0.39 is 5.54 Å². The Balaban J connectivity index is 0.00000192. The fourth-order valence-electron chi connectivity index (χ4n) is 3.71. The third-order valence-corrected chi connectivity index (χ3v) is 5.59. The first-order valence-electron chi connectivity index (χ1n) is 8.22. The molecule has 0 saturated heterocycles. The lowest BCUT2D eigenvalue weighted by molar-refractivity contribution is -0.166. The average Bonchev–Trinajstić information content (AvgIpc) is 2.94. The van der Waals surface area contributed by atoms with Crippen LogP contribution in [0.15, 0.2) is 18.2 Å². The third kappa shape index (κ3) is 2.88. The molecule has 2 aliphatic carbocycles. The molecule has 5 heteroatoms. The molecule has 1 amide bonds. The van der Waals surface area contributed by atoms with Gasteiger partial charge in [0.05, 0.1) is 6.10 Å². The minimum Gasteiger partial charge on any atom is -0.378 e. The van der Waals surface area contributed by atoms with Crippen molar-refractivity contribution in [3.8, 4) is 0 Å². The average molecular weight is 339 g/mol. The van der Waals surface area contributed by atoms with E-state index in [9.17, 15) is 4.79 Å². The number of amides is 1. The Morgan fingerprint density at radius 3 is 2.70 bits per heavy atom. The van der Waals surface area contributed by atoms with Crippen LogP contribution in [0.5, 0.6) is 0 Å². The zero-order valence-electron chi connectivity index (χ0n) is 14.1. The zero-order valence-corrected chi connectivity index (χ0v) is 15.0. The number of aryl methyl sites for hydroxylation is 2. The highest BCUT2D eigenvalue weighted by Gasteiger charge is 2.62. The van der Waals surface area contributed by atoms with Gasteiger partial charge in [0.25, 0.3) is 0 Å². The molecule has 1 aromatic rings. The molecule has 23 heavy (non-hydrogen) atoms. The van der Waals surface area contributed by atoms with E-state index in [4.69, 9.17) is 10.5 Å². The molecule has 0 aromatic heterocycles. The van der Waals surface area contributed by atoms with Crippen LogP contribution in [-0.4, -0.2) is 24.2 Å². The van der Waals surface area contributed by atoms with Gasteiger partial charge in [-0.2, -0.15) is 0 Å². The Bertz CT molecular complexity index is 603. The van der Waals surface area contributed by atoms with Crippen molar-refractivity contribution in [2.24, 2.45) is 11.1 Å². The van der Waals surface area contributed by atoms with E-state index in [1.165, 1.54) is 17.5 Å². The third-order valence-electron chi connectivity index (χ3n) is 5.59. The molecule has 4 nitrogen and oxygen atoms in total. The molecule has 1 aromatic carbocycles. The number of halogens is 1. The van der Waals surface area contributed by atoms with Crippen molar-refractivity contribution in [2.45, 2.75) is 58.1 Å². The maximum absolute atomic E-state index is 12.7. The number of benzene rings is 1. The van der Waals surface area contributed by atoms with Crippen LogP contribution in [0.3, 0.4) is 0 Å². The number of nitrogens with one attached hydrogen (secondary N) is 1. The molecule has 0 heterocycles. The second kappa shape index (κ2) is 6.42. The maximum atomic E-state index is 12.7. The lowest BCUT2D eigenvalue weighted by Crippen LogP contribution is -2.74. The first-order chi connectivity index (χ1) is 10.4. The largest absolute Gasteiger partial charge is 0.378 e. The molecular weight excluding hydrogens is 312 g/mol. The fourth-order valence-corrected chi connectivity index (χ4v) is 3.71. The van der Waals surface area contributed by atoms with Crippen LogP contribution in [0, 0.1) is 5.41 Å². The maximum Gasteiger partial charge on any atom is 0.245 e. The van der Waals surface area contributed by atoms with E-state index in [1.807, 2.05) is 26.8 Å². The predicted molar refractivity (Wildman–Crippen MR) is 95.1 cm³/mol. The molecular formula is C18H27ClN2O2. The highest BCUT2D eigenvalue weighted by molar-refractivity contribution is 5.99. The van der Waals surface area contributed by atoms with Gasteiger partial charge in [0.2, 0.25) is 5.91 Å². The Hall–Kier alpha value is -1.10. The van der Waals surface area contributed by atoms with E-state index in [-0.39, 0.29) is 29.8 Å². The predicted octanol–water partition coefficient (Wildman–Crippen LogP) is 3.07. The van der Waals surface area contributed by atoms with E-state index in [1.54, 1.807) is 0 Å². The standard InChI is InChI=1S/C18H26N2O2.ClH/c1-4-22-15-11-18(19,17(15,2)3)16(21)20-14-9-8-12-6-5-7-13(12)10-14;/h8-10,15H,4-7,11,19H2,1-3H3,(H,20,21);1H. The van der Waals surface area contributed by atoms with Crippen molar-refractivity contribution < 1.29 is 9.53 Å². The van der Waals surface area contributed by atoms with Gasteiger partial charge in [-0.25, -0.2) is 0 Å². The lowest BCUT2D eigenvalue weighted by atomic mass is 9.54. The molecule has 3 N–H and O–H groups in total. The van der Waals surface area contributed by atoms with Crippen molar-refractivity contribution >= 4 is 24.0 Å². The van der Waals surface area contributed by atoms with Gasteiger partial charge in [-0.05, 0) is 49.4 Å². The molecule has 2 unspecified atom stereocenters. The topological polar surface area (TPSA) is 64.3 Å². The van der Waals surface area contributed by atoms with E-state index in [2.05, 4.69) is 17.4 Å². The van der Waals surface area contributed by atoms with Gasteiger partial charge in [0.1, 0.15) is 5.54 Å². The molecule has 128 valence electrons. The molecule has 0 bridgehead atoms. The number of carbonyl (C=O) groups is 1. The van der Waals surface area contributed by atoms with Crippen molar-refractivity contribution in [1.29, 1.82) is 0 Å². The van der Waals surface area contributed by atoms with Gasteiger partial charge in [0.15, 0.2) is 0 Å². The quantitative estimate of drug-likeness (QED) is 0.886. The highest BCUT2D eigenvalue weighted by atomic mass is 35.5. The van der Waals surface area contributed by atoms with Gasteiger partial charge < -0.3 is 15.8 Å². The van der Waals surface area contributed by atoms with E-state index >= 15 is 0 Å². The van der Waals surface area contributed by atoms with Crippen molar-refractivity contribution in [3.63, 3.8) is 0 Å². The number of nitrogens with two attached hydrogens (primary N) is 1. The van der Waals surface area contributed by atoms with Crippen LogP contribution in [0.2, 0.25) is 0 Å². The monoisotopic (exact) mass is 338 g/mol. The van der Waals surface area contributed by atoms with Crippen LogP contribution in [-0.2, 0) is 22.4 Å². The van der Waals surface area contributed by atoms with E-state index in [0.29, 0.717) is 13.0 Å². The summed E-state index contributed by atoms with van der Waals surface area (Å²) < 4.78 is 5.69. The van der Waals surface area contributed by atoms with Crippen molar-refractivity contribution in [3.05, 3.63) is 29.3 Å².